The van der Waals surface area contributed by atoms with Crippen LogP contribution in [-0.4, -0.2) is 74.3 Å². The Labute approximate surface area is 169 Å². The van der Waals surface area contributed by atoms with Gasteiger partial charge < -0.3 is 31.7 Å². The minimum Gasteiger partial charge on any atom is -0.480 e. The van der Waals surface area contributed by atoms with E-state index in [2.05, 4.69) is 10.1 Å². The van der Waals surface area contributed by atoms with Crippen molar-refractivity contribution in [3.05, 3.63) is 11.3 Å². The van der Waals surface area contributed by atoms with Gasteiger partial charge in [-0.3, -0.25) is 19.3 Å². The zero-order valence-corrected chi connectivity index (χ0v) is 16.4. The van der Waals surface area contributed by atoms with Crippen LogP contribution in [0, 0.1) is 0 Å². The smallest absolute Gasteiger partial charge is 0.404 e. The summed E-state index contributed by atoms with van der Waals surface area (Å²) in [6.45, 7) is 1.14. The average molecular weight is 430 g/mol. The lowest BCUT2D eigenvalue weighted by molar-refractivity contribution is -0.158. The Hall–Kier alpha value is -2.80. The molecule has 0 aliphatic carbocycles. The Morgan fingerprint density at radius 2 is 2.03 bits per heavy atom. The first-order chi connectivity index (χ1) is 13.5. The predicted molar refractivity (Wildman–Crippen MR) is 99.3 cm³/mol. The number of thioether (sulfide) groups is 1. The number of ether oxygens (including phenoxy) is 1. The van der Waals surface area contributed by atoms with Crippen molar-refractivity contribution in [2.45, 2.75) is 43.1 Å². The SMILES string of the molecule is CC1(NC(=O)CCCC(N)C(=O)O)C(=O)N2C(C(=O)O)=C(COC(N)=O)CS[C@H]21. The van der Waals surface area contributed by atoms with Gasteiger partial charge in [0.1, 0.15) is 29.3 Å². The maximum absolute atomic E-state index is 12.7. The molecule has 0 aromatic rings. The Bertz CT molecular complexity index is 785. The highest BCUT2D eigenvalue weighted by Gasteiger charge is 2.62. The van der Waals surface area contributed by atoms with Crippen LogP contribution in [0.2, 0.25) is 0 Å². The fourth-order valence-electron chi connectivity index (χ4n) is 3.13. The molecule has 2 unspecified atom stereocenters. The summed E-state index contributed by atoms with van der Waals surface area (Å²) in [5.41, 5.74) is 8.90. The number of hydrogen-bond acceptors (Lipinski definition) is 8. The van der Waals surface area contributed by atoms with Crippen molar-refractivity contribution in [3.8, 4) is 0 Å². The number of carbonyl (C=O) groups is 5. The van der Waals surface area contributed by atoms with Crippen LogP contribution in [0.25, 0.3) is 0 Å². The maximum Gasteiger partial charge on any atom is 0.404 e. The molecule has 0 bridgehead atoms. The summed E-state index contributed by atoms with van der Waals surface area (Å²) in [7, 11) is 0. The van der Waals surface area contributed by atoms with E-state index in [1.54, 1.807) is 0 Å². The summed E-state index contributed by atoms with van der Waals surface area (Å²) in [6, 6.07) is -1.07. The highest BCUT2D eigenvalue weighted by molar-refractivity contribution is 8.00. The minimum absolute atomic E-state index is 0.0272. The van der Waals surface area contributed by atoms with Crippen molar-refractivity contribution in [1.29, 1.82) is 0 Å². The quantitative estimate of drug-likeness (QED) is 0.276. The Kier molecular flexibility index (Phi) is 6.74. The molecular weight excluding hydrogens is 408 g/mol. The van der Waals surface area contributed by atoms with Crippen LogP contribution in [0.4, 0.5) is 4.79 Å². The van der Waals surface area contributed by atoms with Gasteiger partial charge in [0.2, 0.25) is 5.91 Å². The number of nitrogens with two attached hydrogens (primary N) is 2. The van der Waals surface area contributed by atoms with Crippen LogP contribution in [0.1, 0.15) is 26.2 Å². The zero-order chi connectivity index (χ0) is 21.9. The van der Waals surface area contributed by atoms with Crippen LogP contribution >= 0.6 is 11.8 Å². The monoisotopic (exact) mass is 430 g/mol. The molecule has 160 valence electrons. The number of primary amides is 1. The molecule has 3 atom stereocenters. The fourth-order valence-corrected chi connectivity index (χ4v) is 4.55. The highest BCUT2D eigenvalue weighted by atomic mass is 32.2. The largest absolute Gasteiger partial charge is 0.480 e. The fraction of sp³-hybridized carbons (Fsp3) is 0.562. The van der Waals surface area contributed by atoms with E-state index in [0.717, 1.165) is 4.90 Å². The van der Waals surface area contributed by atoms with Crippen LogP contribution in [-0.2, 0) is 23.9 Å². The van der Waals surface area contributed by atoms with E-state index in [9.17, 15) is 29.1 Å². The molecule has 2 heterocycles. The number of amides is 3. The van der Waals surface area contributed by atoms with Crippen LogP contribution in [0.15, 0.2) is 11.3 Å². The van der Waals surface area contributed by atoms with Gasteiger partial charge in [-0.2, -0.15) is 0 Å². The maximum atomic E-state index is 12.7. The Morgan fingerprint density at radius 1 is 1.38 bits per heavy atom. The molecule has 2 rings (SSSR count). The Balaban J connectivity index is 2.05. The molecule has 3 amide bonds. The number of nitrogens with zero attached hydrogens (tertiary/aromatic N) is 1. The van der Waals surface area contributed by atoms with Crippen molar-refractivity contribution >= 4 is 41.6 Å². The number of hydrogen-bond donors (Lipinski definition) is 5. The molecule has 0 aromatic heterocycles. The zero-order valence-electron chi connectivity index (χ0n) is 15.5. The van der Waals surface area contributed by atoms with Gasteiger partial charge in [-0.15, -0.1) is 11.8 Å². The molecule has 0 spiro atoms. The standard InChI is InChI=1S/C16H22N4O8S/c1-16(19-9(21)4-2-3-8(17)11(22)23)13(26)20-10(12(24)25)7(5-28-15(18)27)6-29-14(16)20/h8,14H,2-6,17H2,1H3,(H2,18,27)(H,19,21)(H,22,23)(H,24,25)/t8?,14-,16?/m0/s1. The number of carboxylic acids is 2. The lowest BCUT2D eigenvalue weighted by Gasteiger charge is -2.55. The van der Waals surface area contributed by atoms with E-state index in [-0.39, 0.29) is 42.9 Å². The second kappa shape index (κ2) is 8.69. The molecule has 0 saturated carbocycles. The summed E-state index contributed by atoms with van der Waals surface area (Å²) in [6.07, 6.45) is -0.767. The van der Waals surface area contributed by atoms with Crippen molar-refractivity contribution < 1.29 is 38.9 Å². The average Bonchev–Trinajstić information content (AvgIpc) is 2.64. The lowest BCUT2D eigenvalue weighted by atomic mass is 9.88. The lowest BCUT2D eigenvalue weighted by Crippen LogP contribution is -2.78. The number of β-lactam (4-membered cyclic amide) rings is 1. The topological polar surface area (TPSA) is 202 Å². The number of rotatable bonds is 9. The molecule has 0 radical (unpaired) electrons. The third kappa shape index (κ3) is 4.62. The number of fused-ring (bicyclic) bond motifs is 1. The second-order valence-electron chi connectivity index (χ2n) is 6.79. The van der Waals surface area contributed by atoms with Crippen molar-refractivity contribution in [2.75, 3.05) is 12.4 Å². The van der Waals surface area contributed by atoms with Crippen molar-refractivity contribution in [2.24, 2.45) is 11.5 Å². The van der Waals surface area contributed by atoms with E-state index >= 15 is 0 Å². The highest BCUT2D eigenvalue weighted by Crippen LogP contribution is 2.46. The summed E-state index contributed by atoms with van der Waals surface area (Å²) in [5, 5.41) is 20.2. The number of aliphatic carboxylic acids is 2. The molecule has 2 aliphatic rings. The summed E-state index contributed by atoms with van der Waals surface area (Å²) in [4.78, 5) is 59.1. The van der Waals surface area contributed by atoms with Gasteiger partial charge in [0.15, 0.2) is 0 Å². The van der Waals surface area contributed by atoms with Crippen LogP contribution < -0.4 is 16.8 Å². The number of carboxylic acid groups (broad SMARTS) is 2. The molecule has 2 aliphatic heterocycles. The van der Waals surface area contributed by atoms with Gasteiger partial charge in [0.05, 0.1) is 0 Å². The van der Waals surface area contributed by atoms with Crippen LogP contribution in [0.3, 0.4) is 0 Å². The van der Waals surface area contributed by atoms with Gasteiger partial charge >= 0.3 is 18.0 Å². The van der Waals surface area contributed by atoms with Crippen LogP contribution in [0.5, 0.6) is 0 Å². The normalized spacial score (nSPS) is 24.3. The molecule has 29 heavy (non-hydrogen) atoms. The number of carbonyl (C=O) groups excluding carboxylic acids is 3. The van der Waals surface area contributed by atoms with E-state index in [1.165, 1.54) is 18.7 Å². The molecule has 0 aromatic carbocycles. The van der Waals surface area contributed by atoms with Crippen molar-refractivity contribution in [1.82, 2.24) is 10.2 Å². The van der Waals surface area contributed by atoms with Gasteiger partial charge in [0.25, 0.3) is 5.91 Å². The van der Waals surface area contributed by atoms with E-state index < -0.39 is 46.8 Å². The van der Waals surface area contributed by atoms with Crippen molar-refractivity contribution in [3.63, 3.8) is 0 Å². The van der Waals surface area contributed by atoms with Gasteiger partial charge in [-0.25, -0.2) is 9.59 Å². The third-order valence-corrected chi connectivity index (χ3v) is 6.12. The molecular formula is C16H22N4O8S. The first-order valence-corrected chi connectivity index (χ1v) is 9.66. The minimum atomic E-state index is -1.36. The molecule has 1 saturated heterocycles. The van der Waals surface area contributed by atoms with Gasteiger partial charge in [-0.05, 0) is 19.8 Å². The second-order valence-corrected chi connectivity index (χ2v) is 7.86. The van der Waals surface area contributed by atoms with Gasteiger partial charge in [-0.1, -0.05) is 0 Å². The number of nitrogens with one attached hydrogen (secondary N) is 1. The van der Waals surface area contributed by atoms with Gasteiger partial charge in [0, 0.05) is 17.7 Å². The van der Waals surface area contributed by atoms with E-state index in [1.807, 2.05) is 0 Å². The van der Waals surface area contributed by atoms with E-state index in [0.29, 0.717) is 0 Å². The molecule has 7 N–H and O–H groups in total. The summed E-state index contributed by atoms with van der Waals surface area (Å²) >= 11 is 1.22. The third-order valence-electron chi connectivity index (χ3n) is 4.61. The first kappa shape index (κ1) is 22.5. The molecule has 13 heteroatoms. The Morgan fingerprint density at radius 3 is 2.59 bits per heavy atom. The molecule has 1 fully saturated rings. The summed E-state index contributed by atoms with van der Waals surface area (Å²) in [5.74, 6) is -3.43. The van der Waals surface area contributed by atoms with E-state index in [4.69, 9.17) is 16.6 Å². The predicted octanol–water partition coefficient (Wildman–Crippen LogP) is -1.21. The summed E-state index contributed by atoms with van der Waals surface area (Å²) < 4.78 is 4.65. The molecule has 12 nitrogen and oxygen atoms in total. The first-order valence-electron chi connectivity index (χ1n) is 8.61.